The van der Waals surface area contributed by atoms with Gasteiger partial charge in [-0.3, -0.25) is 9.69 Å². The average Bonchev–Trinajstić information content (AvgIpc) is 2.97. The van der Waals surface area contributed by atoms with E-state index in [9.17, 15) is 4.79 Å². The Hall–Kier alpha value is -2.40. The van der Waals surface area contributed by atoms with Gasteiger partial charge in [0.25, 0.3) is 0 Å². The Morgan fingerprint density at radius 2 is 1.77 bits per heavy atom. The van der Waals surface area contributed by atoms with Crippen molar-refractivity contribution in [2.75, 3.05) is 0 Å². The van der Waals surface area contributed by atoms with Crippen LogP contribution in [0.15, 0.2) is 70.9 Å². The molecule has 0 aliphatic carbocycles. The standard InChI is InChI=1S/C21H23N3OS/c1-2-3-14-19-20(25)24(16-18-12-8-5-9-13-18)21(26-19)23-22-15-17-10-6-4-7-11-17/h4-13,15,19H,2-3,14,16H2,1H3/b22-15-,23-21+/t19-/m0/s1. The SMILES string of the molecule is CCCC[C@@H]1S/C(=N/N=C\c2ccccc2)N(Cc2ccccc2)C1=O. The fraction of sp³-hybridized carbons (Fsp3) is 0.286. The summed E-state index contributed by atoms with van der Waals surface area (Å²) in [5.41, 5.74) is 2.08. The number of amides is 1. The van der Waals surface area contributed by atoms with Crippen LogP contribution in [0.25, 0.3) is 0 Å². The first-order chi connectivity index (χ1) is 12.8. The van der Waals surface area contributed by atoms with Crippen LogP contribution < -0.4 is 0 Å². The lowest BCUT2D eigenvalue weighted by Gasteiger charge is -2.15. The maximum atomic E-state index is 12.8. The summed E-state index contributed by atoms with van der Waals surface area (Å²) >= 11 is 1.53. The third-order valence-electron chi connectivity index (χ3n) is 4.17. The third kappa shape index (κ3) is 4.82. The number of unbranched alkanes of at least 4 members (excludes halogenated alkanes) is 1. The highest BCUT2D eigenvalue weighted by atomic mass is 32.2. The molecule has 26 heavy (non-hydrogen) atoms. The van der Waals surface area contributed by atoms with Crippen LogP contribution in [-0.4, -0.2) is 27.4 Å². The summed E-state index contributed by atoms with van der Waals surface area (Å²) < 4.78 is 0. The van der Waals surface area contributed by atoms with E-state index in [-0.39, 0.29) is 11.2 Å². The molecule has 4 nitrogen and oxygen atoms in total. The van der Waals surface area contributed by atoms with Crippen molar-refractivity contribution in [3.05, 3.63) is 71.8 Å². The third-order valence-corrected chi connectivity index (χ3v) is 5.41. The molecule has 1 amide bonds. The molecular weight excluding hydrogens is 342 g/mol. The molecule has 1 atom stereocenters. The molecule has 5 heteroatoms. The second kappa shape index (κ2) is 9.34. The molecule has 1 saturated heterocycles. The molecule has 0 aromatic heterocycles. The molecule has 2 aromatic rings. The van der Waals surface area contributed by atoms with Crippen LogP contribution in [0.2, 0.25) is 0 Å². The highest BCUT2D eigenvalue weighted by Gasteiger charge is 2.37. The van der Waals surface area contributed by atoms with Crippen LogP contribution in [0.5, 0.6) is 0 Å². The van der Waals surface area contributed by atoms with E-state index in [1.54, 1.807) is 11.1 Å². The van der Waals surface area contributed by atoms with Gasteiger partial charge in [0.05, 0.1) is 18.0 Å². The number of hydrogen-bond acceptors (Lipinski definition) is 4. The highest BCUT2D eigenvalue weighted by Crippen LogP contribution is 2.32. The van der Waals surface area contributed by atoms with E-state index in [2.05, 4.69) is 17.1 Å². The van der Waals surface area contributed by atoms with E-state index in [4.69, 9.17) is 0 Å². The normalized spacial score (nSPS) is 19.0. The van der Waals surface area contributed by atoms with Gasteiger partial charge in [-0.05, 0) is 17.5 Å². The van der Waals surface area contributed by atoms with Crippen molar-refractivity contribution >= 4 is 29.1 Å². The van der Waals surface area contributed by atoms with Crippen LogP contribution in [0.3, 0.4) is 0 Å². The number of carbonyl (C=O) groups is 1. The lowest BCUT2D eigenvalue weighted by molar-refractivity contribution is -0.126. The van der Waals surface area contributed by atoms with Gasteiger partial charge in [0, 0.05) is 0 Å². The van der Waals surface area contributed by atoms with Gasteiger partial charge in [0.2, 0.25) is 5.91 Å². The molecule has 1 aliphatic heterocycles. The van der Waals surface area contributed by atoms with Crippen LogP contribution in [0.4, 0.5) is 0 Å². The predicted octanol–water partition coefficient (Wildman–Crippen LogP) is 4.71. The minimum atomic E-state index is -0.0515. The number of carbonyl (C=O) groups excluding carboxylic acids is 1. The molecule has 0 saturated carbocycles. The molecule has 1 aliphatic rings. The molecule has 0 unspecified atom stereocenters. The topological polar surface area (TPSA) is 45.0 Å². The molecule has 0 bridgehead atoms. The fourth-order valence-corrected chi connectivity index (χ4v) is 3.90. The number of rotatable bonds is 7. The number of nitrogens with zero attached hydrogens (tertiary/aromatic N) is 3. The first-order valence-corrected chi connectivity index (χ1v) is 9.84. The van der Waals surface area contributed by atoms with Gasteiger partial charge in [-0.15, -0.1) is 5.10 Å². The molecule has 0 spiro atoms. The lowest BCUT2D eigenvalue weighted by atomic mass is 10.1. The molecule has 0 radical (unpaired) electrons. The zero-order valence-corrected chi connectivity index (χ0v) is 15.7. The molecule has 1 heterocycles. The van der Waals surface area contributed by atoms with Gasteiger partial charge in [0.1, 0.15) is 0 Å². The number of thioether (sulfide) groups is 1. The number of amidine groups is 1. The minimum absolute atomic E-state index is 0.0515. The lowest BCUT2D eigenvalue weighted by Crippen LogP contribution is -2.31. The maximum absolute atomic E-state index is 12.8. The summed E-state index contributed by atoms with van der Waals surface area (Å²) in [6.07, 6.45) is 4.73. The van der Waals surface area contributed by atoms with Gasteiger partial charge < -0.3 is 0 Å². The van der Waals surface area contributed by atoms with Crippen molar-refractivity contribution in [1.82, 2.24) is 4.90 Å². The van der Waals surface area contributed by atoms with Crippen molar-refractivity contribution in [1.29, 1.82) is 0 Å². The van der Waals surface area contributed by atoms with E-state index in [0.29, 0.717) is 11.7 Å². The minimum Gasteiger partial charge on any atom is -0.284 e. The molecule has 1 fully saturated rings. The van der Waals surface area contributed by atoms with Crippen molar-refractivity contribution in [2.45, 2.75) is 38.0 Å². The maximum Gasteiger partial charge on any atom is 0.242 e. The van der Waals surface area contributed by atoms with Crippen LogP contribution in [0.1, 0.15) is 37.3 Å². The van der Waals surface area contributed by atoms with Crippen molar-refractivity contribution in [2.24, 2.45) is 10.2 Å². The summed E-state index contributed by atoms with van der Waals surface area (Å²) in [6.45, 7) is 2.68. The van der Waals surface area contributed by atoms with Crippen molar-refractivity contribution < 1.29 is 4.79 Å². The van der Waals surface area contributed by atoms with Crippen LogP contribution in [0, 0.1) is 0 Å². The molecular formula is C21H23N3OS. The Kier molecular flexibility index (Phi) is 6.61. The van der Waals surface area contributed by atoms with Crippen LogP contribution >= 0.6 is 11.8 Å². The van der Waals surface area contributed by atoms with Crippen molar-refractivity contribution in [3.8, 4) is 0 Å². The largest absolute Gasteiger partial charge is 0.284 e. The van der Waals surface area contributed by atoms with E-state index in [1.165, 1.54) is 11.8 Å². The van der Waals surface area contributed by atoms with Gasteiger partial charge in [-0.1, -0.05) is 92.2 Å². The summed E-state index contributed by atoms with van der Waals surface area (Å²) in [5, 5.41) is 9.21. The molecule has 0 N–H and O–H groups in total. The zero-order valence-electron chi connectivity index (χ0n) is 14.9. The molecule has 134 valence electrons. The monoisotopic (exact) mass is 365 g/mol. The van der Waals surface area contributed by atoms with Crippen LogP contribution in [-0.2, 0) is 11.3 Å². The summed E-state index contributed by atoms with van der Waals surface area (Å²) in [7, 11) is 0. The average molecular weight is 366 g/mol. The Labute approximate surface area is 159 Å². The van der Waals surface area contributed by atoms with Gasteiger partial charge >= 0.3 is 0 Å². The fourth-order valence-electron chi connectivity index (χ4n) is 2.75. The Balaban J connectivity index is 1.78. The Bertz CT molecular complexity index is 774. The van der Waals surface area contributed by atoms with E-state index >= 15 is 0 Å². The zero-order chi connectivity index (χ0) is 18.2. The predicted molar refractivity (Wildman–Crippen MR) is 109 cm³/mol. The van der Waals surface area contributed by atoms with E-state index in [1.807, 2.05) is 60.7 Å². The highest BCUT2D eigenvalue weighted by molar-refractivity contribution is 8.15. The first kappa shape index (κ1) is 18.4. The molecule has 2 aromatic carbocycles. The quantitative estimate of drug-likeness (QED) is 0.527. The van der Waals surface area contributed by atoms with Gasteiger partial charge in [-0.2, -0.15) is 5.10 Å². The Morgan fingerprint density at radius 3 is 2.46 bits per heavy atom. The second-order valence-electron chi connectivity index (χ2n) is 6.20. The van der Waals surface area contributed by atoms with Gasteiger partial charge in [-0.25, -0.2) is 0 Å². The Morgan fingerprint density at radius 1 is 1.08 bits per heavy atom. The van der Waals surface area contributed by atoms with E-state index < -0.39 is 0 Å². The summed E-state index contributed by atoms with van der Waals surface area (Å²) in [4.78, 5) is 14.6. The van der Waals surface area contributed by atoms with Gasteiger partial charge in [0.15, 0.2) is 5.17 Å². The van der Waals surface area contributed by atoms with E-state index in [0.717, 1.165) is 30.4 Å². The number of benzene rings is 2. The second-order valence-corrected chi connectivity index (χ2v) is 7.37. The summed E-state index contributed by atoms with van der Waals surface area (Å²) in [6, 6.07) is 19.9. The smallest absolute Gasteiger partial charge is 0.242 e. The first-order valence-electron chi connectivity index (χ1n) is 8.96. The molecule has 3 rings (SSSR count). The number of hydrogen-bond donors (Lipinski definition) is 0. The summed E-state index contributed by atoms with van der Waals surface area (Å²) in [5.74, 6) is 0.140. The van der Waals surface area contributed by atoms with Crippen molar-refractivity contribution in [3.63, 3.8) is 0 Å².